The Morgan fingerprint density at radius 2 is 1.20 bits per heavy atom. The van der Waals surface area contributed by atoms with Gasteiger partial charge in [-0.2, -0.15) is 39.5 Å². The van der Waals surface area contributed by atoms with Crippen molar-refractivity contribution in [3.63, 3.8) is 0 Å². The van der Waals surface area contributed by atoms with E-state index >= 15 is 0 Å². The van der Waals surface area contributed by atoms with E-state index in [2.05, 4.69) is 6.92 Å². The minimum atomic E-state index is -7.00. The number of halogens is 9. The van der Waals surface area contributed by atoms with Crippen LogP contribution in [0.1, 0.15) is 6.42 Å². The van der Waals surface area contributed by atoms with Gasteiger partial charge in [0.1, 0.15) is 0 Å². The fourth-order valence-electron chi connectivity index (χ4n) is 0.950. The highest BCUT2D eigenvalue weighted by atomic mass is 32.2. The zero-order valence-corrected chi connectivity index (χ0v) is 10.3. The molecule has 0 aromatic carbocycles. The molecule has 0 saturated heterocycles. The van der Waals surface area contributed by atoms with Crippen LogP contribution in [0.4, 0.5) is 39.5 Å². The molecule has 0 fully saturated rings. The Labute approximate surface area is 107 Å². The van der Waals surface area contributed by atoms with Crippen molar-refractivity contribution in [2.24, 2.45) is 0 Å². The molecule has 0 aliphatic rings. The molecule has 121 valence electrons. The van der Waals surface area contributed by atoms with Gasteiger partial charge in [0.25, 0.3) is 0 Å². The van der Waals surface area contributed by atoms with Gasteiger partial charge in [-0.15, -0.1) is 0 Å². The van der Waals surface area contributed by atoms with Crippen molar-refractivity contribution in [2.75, 3.05) is 11.5 Å². The van der Waals surface area contributed by atoms with Gasteiger partial charge in [-0.3, -0.25) is 0 Å². The Balaban J connectivity index is 5.38. The summed E-state index contributed by atoms with van der Waals surface area (Å²) in [4.78, 5) is 0. The van der Waals surface area contributed by atoms with E-state index < -0.39 is 51.7 Å². The van der Waals surface area contributed by atoms with Gasteiger partial charge >= 0.3 is 23.9 Å². The van der Waals surface area contributed by atoms with Crippen LogP contribution in [0.25, 0.3) is 0 Å². The SMILES string of the molecule is [CH2]CS(=O)(=O)CCC(F)(F)C(F)(F)C(F)(F)C(F)(F)F. The predicted molar refractivity (Wildman–Crippen MR) is 49.5 cm³/mol. The standard InChI is InChI=1S/C8H8F9O2S/c1-2-20(18,19)4-3-5(9,10)6(11,12)7(13,14)8(15,16)17/h1-4H2. The van der Waals surface area contributed by atoms with Crippen molar-refractivity contribution in [3.8, 4) is 0 Å². The summed E-state index contributed by atoms with van der Waals surface area (Å²) in [6, 6.07) is 0. The molecule has 0 spiro atoms. The third kappa shape index (κ3) is 3.50. The molecular formula is C8H8F9O2S. The molecule has 0 aliphatic heterocycles. The van der Waals surface area contributed by atoms with E-state index in [9.17, 15) is 47.9 Å². The minimum absolute atomic E-state index is 0.996. The van der Waals surface area contributed by atoms with Crippen molar-refractivity contribution in [1.29, 1.82) is 0 Å². The second kappa shape index (κ2) is 5.26. The summed E-state index contributed by atoms with van der Waals surface area (Å²) >= 11 is 0. The van der Waals surface area contributed by atoms with Gasteiger partial charge in [0.15, 0.2) is 9.84 Å². The third-order valence-corrected chi connectivity index (χ3v) is 3.70. The first-order valence-electron chi connectivity index (χ1n) is 4.72. The molecule has 0 atom stereocenters. The molecule has 0 aliphatic carbocycles. The molecule has 0 aromatic heterocycles. The average Bonchev–Trinajstić information content (AvgIpc) is 2.24. The fourth-order valence-corrected chi connectivity index (χ4v) is 1.72. The van der Waals surface area contributed by atoms with Crippen molar-refractivity contribution in [1.82, 2.24) is 0 Å². The first kappa shape index (κ1) is 19.3. The van der Waals surface area contributed by atoms with Crippen molar-refractivity contribution >= 4 is 9.84 Å². The lowest BCUT2D eigenvalue weighted by Crippen LogP contribution is -2.61. The summed E-state index contributed by atoms with van der Waals surface area (Å²) in [5.41, 5.74) is 0. The lowest BCUT2D eigenvalue weighted by atomic mass is 10.0. The van der Waals surface area contributed by atoms with Crippen LogP contribution < -0.4 is 0 Å². The molecule has 0 heterocycles. The molecule has 2 nitrogen and oxygen atoms in total. The Morgan fingerprint density at radius 3 is 1.50 bits per heavy atom. The summed E-state index contributed by atoms with van der Waals surface area (Å²) in [7, 11) is -4.34. The molecule has 1 radical (unpaired) electrons. The summed E-state index contributed by atoms with van der Waals surface area (Å²) in [5.74, 6) is -22.3. The zero-order chi connectivity index (χ0) is 16.6. The largest absolute Gasteiger partial charge is 0.460 e. The normalized spacial score (nSPS) is 15.5. The molecule has 0 unspecified atom stereocenters. The first-order chi connectivity index (χ1) is 8.52. The van der Waals surface area contributed by atoms with Crippen LogP contribution in [0, 0.1) is 6.92 Å². The Hall–Kier alpha value is -0.680. The van der Waals surface area contributed by atoms with Crippen molar-refractivity contribution in [2.45, 2.75) is 30.4 Å². The average molecular weight is 339 g/mol. The van der Waals surface area contributed by atoms with Crippen LogP contribution in [0.2, 0.25) is 0 Å². The molecule has 0 saturated carbocycles. The highest BCUT2D eigenvalue weighted by Gasteiger charge is 2.81. The summed E-state index contributed by atoms with van der Waals surface area (Å²) in [6.07, 6.45) is -9.30. The quantitative estimate of drug-likeness (QED) is 0.697. The van der Waals surface area contributed by atoms with E-state index in [0.717, 1.165) is 0 Å². The zero-order valence-electron chi connectivity index (χ0n) is 9.45. The van der Waals surface area contributed by atoms with Gasteiger partial charge in [0, 0.05) is 6.42 Å². The first-order valence-corrected chi connectivity index (χ1v) is 6.54. The van der Waals surface area contributed by atoms with E-state index in [1.54, 1.807) is 0 Å². The van der Waals surface area contributed by atoms with Crippen molar-refractivity contribution in [3.05, 3.63) is 6.92 Å². The molecule has 0 N–H and O–H groups in total. The lowest BCUT2D eigenvalue weighted by molar-refractivity contribution is -0.396. The van der Waals surface area contributed by atoms with Crippen LogP contribution in [0.3, 0.4) is 0 Å². The third-order valence-electron chi connectivity index (χ3n) is 2.25. The number of hydrogen-bond acceptors (Lipinski definition) is 2. The molecule has 0 amide bonds. The summed E-state index contributed by atoms with van der Waals surface area (Å²) in [5, 5.41) is 0. The Bertz CT molecular complexity index is 437. The van der Waals surface area contributed by atoms with E-state index in [0.29, 0.717) is 0 Å². The second-order valence-corrected chi connectivity index (χ2v) is 6.06. The monoisotopic (exact) mass is 339 g/mol. The van der Waals surface area contributed by atoms with E-state index in [1.807, 2.05) is 0 Å². The molecule has 0 bridgehead atoms. The van der Waals surface area contributed by atoms with Crippen LogP contribution in [-0.4, -0.2) is 43.9 Å². The maximum atomic E-state index is 12.9. The number of sulfone groups is 1. The van der Waals surface area contributed by atoms with Crippen LogP contribution in [0.15, 0.2) is 0 Å². The van der Waals surface area contributed by atoms with E-state index in [1.165, 1.54) is 0 Å². The number of hydrogen-bond donors (Lipinski definition) is 0. The number of rotatable bonds is 6. The molecule has 0 rings (SSSR count). The molecule has 12 heteroatoms. The maximum Gasteiger partial charge on any atom is 0.460 e. The second-order valence-electron chi connectivity index (χ2n) is 3.75. The van der Waals surface area contributed by atoms with Crippen molar-refractivity contribution < 1.29 is 47.9 Å². The van der Waals surface area contributed by atoms with Gasteiger partial charge in [-0.05, 0) is 6.92 Å². The Kier molecular flexibility index (Phi) is 5.08. The van der Waals surface area contributed by atoms with E-state index in [4.69, 9.17) is 0 Å². The predicted octanol–water partition coefficient (Wildman–Crippen LogP) is 3.09. The molecule has 0 aromatic rings. The van der Waals surface area contributed by atoms with Crippen LogP contribution in [-0.2, 0) is 9.84 Å². The van der Waals surface area contributed by atoms with Crippen LogP contribution in [0.5, 0.6) is 0 Å². The Morgan fingerprint density at radius 1 is 0.800 bits per heavy atom. The fraction of sp³-hybridized carbons (Fsp3) is 0.875. The maximum absolute atomic E-state index is 12.9. The van der Waals surface area contributed by atoms with Gasteiger partial charge in [-0.25, -0.2) is 8.42 Å². The minimum Gasteiger partial charge on any atom is -0.229 e. The lowest BCUT2D eigenvalue weighted by Gasteiger charge is -2.33. The van der Waals surface area contributed by atoms with Gasteiger partial charge < -0.3 is 0 Å². The van der Waals surface area contributed by atoms with Gasteiger partial charge in [0.2, 0.25) is 0 Å². The summed E-state index contributed by atoms with van der Waals surface area (Å²) < 4.78 is 133. The highest BCUT2D eigenvalue weighted by Crippen LogP contribution is 2.54. The van der Waals surface area contributed by atoms with Gasteiger partial charge in [-0.1, -0.05) is 0 Å². The summed E-state index contributed by atoms with van der Waals surface area (Å²) in [6.45, 7) is 2.76. The molecule has 20 heavy (non-hydrogen) atoms. The number of alkyl halides is 9. The highest BCUT2D eigenvalue weighted by molar-refractivity contribution is 7.91. The topological polar surface area (TPSA) is 34.1 Å². The van der Waals surface area contributed by atoms with Gasteiger partial charge in [0.05, 0.1) is 11.5 Å². The van der Waals surface area contributed by atoms with E-state index in [-0.39, 0.29) is 0 Å². The smallest absolute Gasteiger partial charge is 0.229 e. The molecular weight excluding hydrogens is 331 g/mol. The van der Waals surface area contributed by atoms with Crippen LogP contribution >= 0.6 is 0 Å².